The Hall–Kier alpha value is -0.650. The Balaban J connectivity index is 2.14. The van der Waals surface area contributed by atoms with Crippen LogP contribution in [0.3, 0.4) is 0 Å². The van der Waals surface area contributed by atoms with Crippen LogP contribution in [0.2, 0.25) is 4.34 Å². The fourth-order valence-corrected chi connectivity index (χ4v) is 2.76. The summed E-state index contributed by atoms with van der Waals surface area (Å²) < 4.78 is 28.0. The van der Waals surface area contributed by atoms with Crippen LogP contribution in [-0.4, -0.2) is 0 Å². The maximum Gasteiger partial charge on any atom is 0.150 e. The lowest BCUT2D eigenvalue weighted by Gasteiger charge is -2.08. The number of halogens is 4. The number of nitrogens with one attached hydrogen (secondary N) is 1. The van der Waals surface area contributed by atoms with E-state index in [4.69, 9.17) is 11.6 Å². The first-order chi connectivity index (χ1) is 8.06. The zero-order valence-corrected chi connectivity index (χ0v) is 11.6. The molecule has 0 fully saturated rings. The Labute approximate surface area is 115 Å². The Kier molecular flexibility index (Phi) is 4.01. The highest BCUT2D eigenvalue weighted by Crippen LogP contribution is 2.26. The molecule has 1 aromatic carbocycles. The van der Waals surface area contributed by atoms with E-state index in [0.717, 1.165) is 4.88 Å². The lowest BCUT2D eigenvalue weighted by atomic mass is 10.3. The van der Waals surface area contributed by atoms with Crippen LogP contribution < -0.4 is 5.32 Å². The average molecular weight is 339 g/mol. The van der Waals surface area contributed by atoms with Gasteiger partial charge in [0.15, 0.2) is 0 Å². The van der Waals surface area contributed by atoms with Crippen molar-refractivity contribution >= 4 is 44.6 Å². The van der Waals surface area contributed by atoms with Gasteiger partial charge in [-0.15, -0.1) is 11.3 Å². The van der Waals surface area contributed by atoms with Crippen molar-refractivity contribution in [3.8, 4) is 0 Å². The Morgan fingerprint density at radius 2 is 1.88 bits per heavy atom. The highest BCUT2D eigenvalue weighted by atomic mass is 79.9. The molecule has 0 aliphatic carbocycles. The van der Waals surface area contributed by atoms with Gasteiger partial charge < -0.3 is 5.32 Å². The van der Waals surface area contributed by atoms with E-state index in [1.165, 1.54) is 23.5 Å². The molecule has 0 spiro atoms. The normalized spacial score (nSPS) is 10.6. The van der Waals surface area contributed by atoms with Crippen molar-refractivity contribution in [2.75, 3.05) is 5.32 Å². The van der Waals surface area contributed by atoms with Gasteiger partial charge in [0, 0.05) is 15.9 Å². The molecule has 1 N–H and O–H groups in total. The molecule has 0 aliphatic rings. The molecule has 17 heavy (non-hydrogen) atoms. The molecule has 2 aromatic rings. The summed E-state index contributed by atoms with van der Waals surface area (Å²) in [6.07, 6.45) is 0. The molecular formula is C11H7BrClF2NS. The van der Waals surface area contributed by atoms with Crippen LogP contribution in [0, 0.1) is 11.6 Å². The first-order valence-electron chi connectivity index (χ1n) is 4.69. The summed E-state index contributed by atoms with van der Waals surface area (Å²) in [7, 11) is 0. The van der Waals surface area contributed by atoms with Crippen molar-refractivity contribution in [2.45, 2.75) is 6.54 Å². The molecule has 90 valence electrons. The third-order valence-electron chi connectivity index (χ3n) is 2.08. The number of anilines is 1. The lowest BCUT2D eigenvalue weighted by molar-refractivity contribution is 0.586. The maximum absolute atomic E-state index is 13.5. The fourth-order valence-electron chi connectivity index (χ4n) is 1.33. The van der Waals surface area contributed by atoms with Crippen molar-refractivity contribution in [1.29, 1.82) is 0 Å². The van der Waals surface area contributed by atoms with E-state index in [-0.39, 0.29) is 5.69 Å². The minimum atomic E-state index is -0.625. The van der Waals surface area contributed by atoms with Crippen molar-refractivity contribution in [3.05, 3.63) is 49.6 Å². The van der Waals surface area contributed by atoms with Gasteiger partial charge in [-0.3, -0.25) is 0 Å². The summed E-state index contributed by atoms with van der Waals surface area (Å²) in [5, 5.41) is 2.72. The molecule has 2 rings (SSSR count). The summed E-state index contributed by atoms with van der Waals surface area (Å²) in [6.45, 7) is 0.340. The van der Waals surface area contributed by atoms with E-state index in [1.807, 2.05) is 6.07 Å². The molecule has 0 saturated carbocycles. The van der Waals surface area contributed by atoms with E-state index >= 15 is 0 Å². The monoisotopic (exact) mass is 337 g/mol. The van der Waals surface area contributed by atoms with Gasteiger partial charge in [0.05, 0.1) is 4.34 Å². The summed E-state index contributed by atoms with van der Waals surface area (Å²) in [4.78, 5) is 0.914. The predicted octanol–water partition coefficient (Wildman–Crippen LogP) is 5.05. The van der Waals surface area contributed by atoms with Crippen molar-refractivity contribution < 1.29 is 8.78 Å². The first-order valence-corrected chi connectivity index (χ1v) is 6.67. The molecule has 1 heterocycles. The standard InChI is InChI=1S/C11H7BrClF2NS/c12-6-3-8(14)11(9(15)4-6)16-5-7-1-2-10(13)17-7/h1-4,16H,5H2. The predicted molar refractivity (Wildman–Crippen MR) is 70.7 cm³/mol. The topological polar surface area (TPSA) is 12.0 Å². The molecule has 0 bridgehead atoms. The molecule has 0 atom stereocenters. The van der Waals surface area contributed by atoms with Crippen LogP contribution in [0.1, 0.15) is 4.88 Å². The van der Waals surface area contributed by atoms with Gasteiger partial charge in [0.1, 0.15) is 17.3 Å². The zero-order valence-electron chi connectivity index (χ0n) is 8.44. The third-order valence-corrected chi connectivity index (χ3v) is 3.76. The zero-order chi connectivity index (χ0) is 12.4. The van der Waals surface area contributed by atoms with Crippen molar-refractivity contribution in [3.63, 3.8) is 0 Å². The smallest absolute Gasteiger partial charge is 0.150 e. The van der Waals surface area contributed by atoms with Gasteiger partial charge >= 0.3 is 0 Å². The van der Waals surface area contributed by atoms with Crippen LogP contribution in [0.25, 0.3) is 0 Å². The lowest BCUT2D eigenvalue weighted by Crippen LogP contribution is -2.02. The fraction of sp³-hybridized carbons (Fsp3) is 0.0909. The van der Waals surface area contributed by atoms with Gasteiger partial charge in [-0.05, 0) is 24.3 Å². The number of hydrogen-bond acceptors (Lipinski definition) is 2. The molecule has 0 saturated heterocycles. The summed E-state index contributed by atoms with van der Waals surface area (Å²) in [5.41, 5.74) is -0.127. The minimum absolute atomic E-state index is 0.127. The second-order valence-corrected chi connectivity index (χ2v) is 6.02. The molecule has 0 unspecified atom stereocenters. The Bertz CT molecular complexity index is 521. The number of thiophene rings is 1. The maximum atomic E-state index is 13.5. The second-order valence-electron chi connectivity index (χ2n) is 3.30. The summed E-state index contributed by atoms with van der Waals surface area (Å²) >= 11 is 10.2. The highest BCUT2D eigenvalue weighted by Gasteiger charge is 2.10. The average Bonchev–Trinajstić information content (AvgIpc) is 2.62. The van der Waals surface area contributed by atoms with Gasteiger partial charge in [-0.2, -0.15) is 0 Å². The Morgan fingerprint density at radius 1 is 1.24 bits per heavy atom. The number of benzene rings is 1. The van der Waals surface area contributed by atoms with E-state index in [2.05, 4.69) is 21.2 Å². The molecule has 1 aromatic heterocycles. The minimum Gasteiger partial charge on any atom is -0.375 e. The summed E-state index contributed by atoms with van der Waals surface area (Å²) in [5.74, 6) is -1.25. The van der Waals surface area contributed by atoms with E-state index in [1.54, 1.807) is 6.07 Å². The quantitative estimate of drug-likeness (QED) is 0.825. The Morgan fingerprint density at radius 3 is 2.41 bits per heavy atom. The van der Waals surface area contributed by atoms with Gasteiger partial charge in [0.2, 0.25) is 0 Å². The molecule has 1 nitrogen and oxygen atoms in total. The molecule has 0 aliphatic heterocycles. The van der Waals surface area contributed by atoms with Gasteiger partial charge in [-0.25, -0.2) is 8.78 Å². The van der Waals surface area contributed by atoms with Crippen LogP contribution in [0.5, 0.6) is 0 Å². The number of hydrogen-bond donors (Lipinski definition) is 1. The molecule has 6 heteroatoms. The van der Waals surface area contributed by atoms with Gasteiger partial charge in [0.25, 0.3) is 0 Å². The molecular weight excluding hydrogens is 332 g/mol. The number of rotatable bonds is 3. The van der Waals surface area contributed by atoms with Gasteiger partial charge in [-0.1, -0.05) is 27.5 Å². The molecule has 0 radical (unpaired) electrons. The van der Waals surface area contributed by atoms with Crippen LogP contribution in [0.4, 0.5) is 14.5 Å². The van der Waals surface area contributed by atoms with Crippen molar-refractivity contribution in [1.82, 2.24) is 0 Å². The van der Waals surface area contributed by atoms with E-state index in [0.29, 0.717) is 15.4 Å². The SMILES string of the molecule is Fc1cc(Br)cc(F)c1NCc1ccc(Cl)s1. The van der Waals surface area contributed by atoms with E-state index < -0.39 is 11.6 Å². The molecule has 0 amide bonds. The second kappa shape index (κ2) is 5.33. The largest absolute Gasteiger partial charge is 0.375 e. The third kappa shape index (κ3) is 3.18. The first kappa shape index (κ1) is 12.8. The van der Waals surface area contributed by atoms with Crippen LogP contribution >= 0.6 is 38.9 Å². The van der Waals surface area contributed by atoms with Crippen LogP contribution in [-0.2, 0) is 6.54 Å². The highest BCUT2D eigenvalue weighted by molar-refractivity contribution is 9.10. The summed E-state index contributed by atoms with van der Waals surface area (Å²) in [6, 6.07) is 5.99. The van der Waals surface area contributed by atoms with E-state index in [9.17, 15) is 8.78 Å². The van der Waals surface area contributed by atoms with Crippen LogP contribution in [0.15, 0.2) is 28.7 Å². The van der Waals surface area contributed by atoms with Crippen molar-refractivity contribution in [2.24, 2.45) is 0 Å².